The molecule has 1 N–H and O–H groups in total. The van der Waals surface area contributed by atoms with Crippen LogP contribution in [0.1, 0.15) is 56.8 Å². The third-order valence-corrected chi connectivity index (χ3v) is 5.34. The Kier molecular flexibility index (Phi) is 4.32. The molecule has 0 radical (unpaired) electrons. The third-order valence-electron chi connectivity index (χ3n) is 5.34. The summed E-state index contributed by atoms with van der Waals surface area (Å²) < 4.78 is 0. The van der Waals surface area contributed by atoms with Crippen molar-refractivity contribution in [2.75, 3.05) is 6.54 Å². The van der Waals surface area contributed by atoms with Gasteiger partial charge in [-0.2, -0.15) is 5.10 Å². The molecule has 5 nitrogen and oxygen atoms in total. The standard InChI is InChI=1S/C19H24N4O/c24-19(15-10-4-5-11-15)23-13-7-6-12-16(23)18-20-17(21-22-18)14-8-2-1-3-9-14/h1-3,8-9,15-16H,4-7,10-13H2,(H,20,21,22). The molecule has 126 valence electrons. The molecule has 1 atom stereocenters. The number of nitrogens with one attached hydrogen (secondary N) is 1. The van der Waals surface area contributed by atoms with Gasteiger partial charge in [-0.15, -0.1) is 0 Å². The first-order valence-corrected chi connectivity index (χ1v) is 9.11. The highest BCUT2D eigenvalue weighted by Gasteiger charge is 2.35. The molecule has 1 amide bonds. The number of likely N-dealkylation sites (tertiary alicyclic amines) is 1. The Hall–Kier alpha value is -2.17. The zero-order valence-corrected chi connectivity index (χ0v) is 13.9. The number of nitrogens with zero attached hydrogens (tertiary/aromatic N) is 3. The molecule has 2 aliphatic rings. The molecule has 1 aliphatic heterocycles. The zero-order chi connectivity index (χ0) is 16.4. The molecule has 2 heterocycles. The van der Waals surface area contributed by atoms with Crippen molar-refractivity contribution in [3.63, 3.8) is 0 Å². The van der Waals surface area contributed by atoms with Gasteiger partial charge in [0.25, 0.3) is 0 Å². The fourth-order valence-electron chi connectivity index (χ4n) is 4.03. The maximum absolute atomic E-state index is 12.9. The van der Waals surface area contributed by atoms with E-state index in [9.17, 15) is 4.79 Å². The van der Waals surface area contributed by atoms with Crippen molar-refractivity contribution in [1.29, 1.82) is 0 Å². The Bertz CT molecular complexity index is 690. The molecule has 2 aromatic rings. The fourth-order valence-corrected chi connectivity index (χ4v) is 4.03. The van der Waals surface area contributed by atoms with Gasteiger partial charge in [0.05, 0.1) is 6.04 Å². The molecule has 1 aromatic heterocycles. The van der Waals surface area contributed by atoms with Crippen molar-refractivity contribution in [1.82, 2.24) is 20.1 Å². The minimum absolute atomic E-state index is 0.0526. The molecule has 4 rings (SSSR count). The summed E-state index contributed by atoms with van der Waals surface area (Å²) in [6.45, 7) is 0.849. The first-order valence-electron chi connectivity index (χ1n) is 9.11. The summed E-state index contributed by atoms with van der Waals surface area (Å²) in [6.07, 6.45) is 7.68. The largest absolute Gasteiger partial charge is 0.332 e. The number of rotatable bonds is 3. The summed E-state index contributed by atoms with van der Waals surface area (Å²) in [7, 11) is 0. The SMILES string of the molecule is O=C(C1CCCC1)N1CCCCC1c1nc(-c2ccccc2)n[nH]1. The molecule has 5 heteroatoms. The van der Waals surface area contributed by atoms with Crippen LogP contribution in [-0.2, 0) is 4.79 Å². The smallest absolute Gasteiger partial charge is 0.226 e. The van der Waals surface area contributed by atoms with E-state index in [1.165, 1.54) is 12.8 Å². The molecule has 1 unspecified atom stereocenters. The van der Waals surface area contributed by atoms with E-state index in [1.807, 2.05) is 30.3 Å². The summed E-state index contributed by atoms with van der Waals surface area (Å²) in [4.78, 5) is 19.7. The highest BCUT2D eigenvalue weighted by molar-refractivity contribution is 5.79. The number of hydrogen-bond donors (Lipinski definition) is 1. The van der Waals surface area contributed by atoms with Crippen LogP contribution < -0.4 is 0 Å². The van der Waals surface area contributed by atoms with Crippen molar-refractivity contribution in [2.24, 2.45) is 5.92 Å². The van der Waals surface area contributed by atoms with Gasteiger partial charge in [-0.25, -0.2) is 4.98 Å². The zero-order valence-electron chi connectivity index (χ0n) is 13.9. The van der Waals surface area contributed by atoms with Crippen molar-refractivity contribution in [3.8, 4) is 11.4 Å². The molecule has 1 aromatic carbocycles. The number of amides is 1. The van der Waals surface area contributed by atoms with Crippen LogP contribution in [0.4, 0.5) is 0 Å². The highest BCUT2D eigenvalue weighted by atomic mass is 16.2. The van der Waals surface area contributed by atoms with Crippen LogP contribution in [0.3, 0.4) is 0 Å². The van der Waals surface area contributed by atoms with Crippen LogP contribution in [0.25, 0.3) is 11.4 Å². The number of hydrogen-bond acceptors (Lipinski definition) is 3. The molecule has 1 saturated heterocycles. The number of piperidine rings is 1. The lowest BCUT2D eigenvalue weighted by Gasteiger charge is -2.36. The predicted octanol–water partition coefficient (Wildman–Crippen LogP) is 3.72. The lowest BCUT2D eigenvalue weighted by atomic mass is 9.98. The monoisotopic (exact) mass is 324 g/mol. The maximum Gasteiger partial charge on any atom is 0.226 e. The topological polar surface area (TPSA) is 61.9 Å². The second-order valence-electron chi connectivity index (χ2n) is 6.93. The third kappa shape index (κ3) is 2.95. The van der Waals surface area contributed by atoms with Crippen molar-refractivity contribution < 1.29 is 4.79 Å². The summed E-state index contributed by atoms with van der Waals surface area (Å²) in [6, 6.07) is 10.0. The van der Waals surface area contributed by atoms with E-state index >= 15 is 0 Å². The van der Waals surface area contributed by atoms with E-state index in [4.69, 9.17) is 4.98 Å². The molecule has 0 bridgehead atoms. The maximum atomic E-state index is 12.9. The minimum atomic E-state index is 0.0526. The Balaban J connectivity index is 1.57. The summed E-state index contributed by atoms with van der Waals surface area (Å²) in [5.74, 6) is 2.10. The lowest BCUT2D eigenvalue weighted by molar-refractivity contribution is -0.139. The van der Waals surface area contributed by atoms with Crippen LogP contribution in [-0.4, -0.2) is 32.5 Å². The van der Waals surface area contributed by atoms with Gasteiger partial charge < -0.3 is 4.90 Å². The molecule has 1 aliphatic carbocycles. The van der Waals surface area contributed by atoms with Crippen molar-refractivity contribution in [3.05, 3.63) is 36.2 Å². The van der Waals surface area contributed by atoms with Crippen LogP contribution in [0, 0.1) is 5.92 Å². The Morgan fingerprint density at radius 3 is 2.58 bits per heavy atom. The predicted molar refractivity (Wildman–Crippen MR) is 92.1 cm³/mol. The quantitative estimate of drug-likeness (QED) is 0.936. The molecular weight excluding hydrogens is 300 g/mol. The second-order valence-corrected chi connectivity index (χ2v) is 6.93. The molecule has 1 saturated carbocycles. The molecular formula is C19H24N4O. The van der Waals surface area contributed by atoms with E-state index in [0.717, 1.165) is 50.0 Å². The molecule has 2 fully saturated rings. The number of carbonyl (C=O) groups is 1. The first kappa shape index (κ1) is 15.4. The van der Waals surface area contributed by atoms with E-state index in [1.54, 1.807) is 0 Å². The molecule has 0 spiro atoms. The number of H-pyrrole nitrogens is 1. The Morgan fingerprint density at radius 1 is 1.04 bits per heavy atom. The van der Waals surface area contributed by atoms with Gasteiger partial charge in [0.15, 0.2) is 5.82 Å². The van der Waals surface area contributed by atoms with E-state index in [0.29, 0.717) is 11.7 Å². The van der Waals surface area contributed by atoms with Gasteiger partial charge in [0, 0.05) is 18.0 Å². The van der Waals surface area contributed by atoms with E-state index < -0.39 is 0 Å². The Labute approximate surface area is 142 Å². The fraction of sp³-hybridized carbons (Fsp3) is 0.526. The van der Waals surface area contributed by atoms with Crippen LogP contribution in [0.2, 0.25) is 0 Å². The van der Waals surface area contributed by atoms with E-state index in [-0.39, 0.29) is 12.0 Å². The van der Waals surface area contributed by atoms with Crippen molar-refractivity contribution >= 4 is 5.91 Å². The van der Waals surface area contributed by atoms with Gasteiger partial charge >= 0.3 is 0 Å². The Morgan fingerprint density at radius 2 is 1.79 bits per heavy atom. The van der Waals surface area contributed by atoms with Crippen LogP contribution in [0.5, 0.6) is 0 Å². The molecule has 24 heavy (non-hydrogen) atoms. The number of carbonyl (C=O) groups excluding carboxylic acids is 1. The average Bonchev–Trinajstić information content (AvgIpc) is 3.34. The second kappa shape index (κ2) is 6.75. The van der Waals surface area contributed by atoms with Gasteiger partial charge in [0.1, 0.15) is 5.82 Å². The van der Waals surface area contributed by atoms with Gasteiger partial charge in [0.2, 0.25) is 5.91 Å². The number of aromatic amines is 1. The van der Waals surface area contributed by atoms with Gasteiger partial charge in [-0.3, -0.25) is 9.89 Å². The van der Waals surface area contributed by atoms with Gasteiger partial charge in [-0.1, -0.05) is 43.2 Å². The van der Waals surface area contributed by atoms with Crippen LogP contribution >= 0.6 is 0 Å². The number of benzene rings is 1. The van der Waals surface area contributed by atoms with Gasteiger partial charge in [-0.05, 0) is 32.1 Å². The summed E-state index contributed by atoms with van der Waals surface area (Å²) >= 11 is 0. The first-order chi connectivity index (χ1) is 11.8. The van der Waals surface area contributed by atoms with Crippen molar-refractivity contribution in [2.45, 2.75) is 51.0 Å². The normalized spacial score (nSPS) is 22.0. The van der Waals surface area contributed by atoms with Crippen LogP contribution in [0.15, 0.2) is 30.3 Å². The number of aromatic nitrogens is 3. The minimum Gasteiger partial charge on any atom is -0.332 e. The average molecular weight is 324 g/mol. The lowest BCUT2D eigenvalue weighted by Crippen LogP contribution is -2.41. The highest BCUT2D eigenvalue weighted by Crippen LogP contribution is 2.34. The van der Waals surface area contributed by atoms with E-state index in [2.05, 4.69) is 15.1 Å². The summed E-state index contributed by atoms with van der Waals surface area (Å²) in [5, 5.41) is 7.47. The summed E-state index contributed by atoms with van der Waals surface area (Å²) in [5.41, 5.74) is 1.00.